The third kappa shape index (κ3) is 1.83. The topological polar surface area (TPSA) is 71.9 Å². The van der Waals surface area contributed by atoms with Gasteiger partial charge in [-0.1, -0.05) is 25.9 Å². The Kier molecular flexibility index (Phi) is 2.92. The molecule has 1 aromatic rings. The van der Waals surface area contributed by atoms with Gasteiger partial charge in [-0.25, -0.2) is 0 Å². The molecule has 1 aromatic heterocycles. The van der Waals surface area contributed by atoms with Crippen LogP contribution in [0.15, 0.2) is 4.52 Å². The summed E-state index contributed by atoms with van der Waals surface area (Å²) in [4.78, 5) is 4.35. The van der Waals surface area contributed by atoms with E-state index in [1.807, 2.05) is 20.8 Å². The van der Waals surface area contributed by atoms with Gasteiger partial charge in [-0.05, 0) is 11.8 Å². The van der Waals surface area contributed by atoms with Crippen LogP contribution in [0, 0.1) is 22.7 Å². The minimum absolute atomic E-state index is 0.0292. The Morgan fingerprint density at radius 1 is 1.59 bits per heavy atom. The second-order valence-electron chi connectivity index (χ2n) is 5.03. The van der Waals surface area contributed by atoms with Crippen molar-refractivity contribution in [3.05, 3.63) is 11.7 Å². The molecule has 92 valence electrons. The van der Waals surface area contributed by atoms with Gasteiger partial charge in [0.25, 0.3) is 0 Å². The van der Waals surface area contributed by atoms with E-state index in [1.165, 1.54) is 0 Å². The van der Waals surface area contributed by atoms with Crippen molar-refractivity contribution in [2.75, 3.05) is 7.11 Å². The average molecular weight is 235 g/mol. The van der Waals surface area contributed by atoms with Crippen LogP contribution in [-0.2, 0) is 4.74 Å². The number of nitrogens with zero attached hydrogens (tertiary/aromatic N) is 3. The molecule has 1 aliphatic carbocycles. The van der Waals surface area contributed by atoms with E-state index >= 15 is 0 Å². The smallest absolute Gasteiger partial charge is 0.231 e. The van der Waals surface area contributed by atoms with E-state index in [9.17, 15) is 0 Å². The van der Waals surface area contributed by atoms with Gasteiger partial charge in [0.2, 0.25) is 11.7 Å². The summed E-state index contributed by atoms with van der Waals surface area (Å²) < 4.78 is 10.5. The highest BCUT2D eigenvalue weighted by Gasteiger charge is 2.62. The molecule has 2 rings (SSSR count). The summed E-state index contributed by atoms with van der Waals surface area (Å²) in [7, 11) is 1.63. The fraction of sp³-hybridized carbons (Fsp3) is 0.750. The van der Waals surface area contributed by atoms with E-state index in [-0.39, 0.29) is 23.4 Å². The SMILES string of the molecule is CCC(OC)c1noc(C2C(C#N)C2(C)C)n1. The van der Waals surface area contributed by atoms with E-state index in [4.69, 9.17) is 14.5 Å². The van der Waals surface area contributed by atoms with Crippen molar-refractivity contribution < 1.29 is 9.26 Å². The summed E-state index contributed by atoms with van der Waals surface area (Å²) in [6.07, 6.45) is 0.667. The summed E-state index contributed by atoms with van der Waals surface area (Å²) in [6.45, 7) is 6.09. The lowest BCUT2D eigenvalue weighted by Gasteiger charge is -2.06. The number of methoxy groups -OCH3 is 1. The van der Waals surface area contributed by atoms with Crippen LogP contribution >= 0.6 is 0 Å². The Balaban J connectivity index is 2.18. The Morgan fingerprint density at radius 3 is 2.76 bits per heavy atom. The number of nitriles is 1. The van der Waals surface area contributed by atoms with Crippen molar-refractivity contribution in [1.29, 1.82) is 5.26 Å². The van der Waals surface area contributed by atoms with Crippen molar-refractivity contribution >= 4 is 0 Å². The predicted octanol–water partition coefficient (Wildman–Crippen LogP) is 2.43. The summed E-state index contributed by atoms with van der Waals surface area (Å²) in [5, 5.41) is 13.0. The first-order valence-corrected chi connectivity index (χ1v) is 5.82. The molecular weight excluding hydrogens is 218 g/mol. The summed E-state index contributed by atoms with van der Waals surface area (Å²) in [5.41, 5.74) is -0.0622. The predicted molar refractivity (Wildman–Crippen MR) is 60.0 cm³/mol. The number of rotatable bonds is 4. The molecule has 1 saturated carbocycles. The summed E-state index contributed by atoms with van der Waals surface area (Å²) in [6, 6.07) is 2.29. The molecule has 0 amide bonds. The lowest BCUT2D eigenvalue weighted by atomic mass is 10.1. The van der Waals surface area contributed by atoms with Gasteiger partial charge in [-0.15, -0.1) is 0 Å². The highest BCUT2D eigenvalue weighted by atomic mass is 16.5. The molecule has 0 aromatic carbocycles. The Hall–Kier alpha value is -1.41. The fourth-order valence-corrected chi connectivity index (χ4v) is 2.30. The molecule has 1 fully saturated rings. The first kappa shape index (κ1) is 12.1. The molecule has 0 radical (unpaired) electrons. The standard InChI is InChI=1S/C12H17N3O2/c1-5-8(16-4)10-14-11(17-15-10)9-7(6-13)12(9,2)3/h7-9H,5H2,1-4H3. The number of aromatic nitrogens is 2. The van der Waals surface area contributed by atoms with Crippen molar-refractivity contribution in [1.82, 2.24) is 10.1 Å². The quantitative estimate of drug-likeness (QED) is 0.801. The second-order valence-corrected chi connectivity index (χ2v) is 5.03. The van der Waals surface area contributed by atoms with Crippen LogP contribution in [0.5, 0.6) is 0 Å². The zero-order chi connectivity index (χ0) is 12.6. The number of hydrogen-bond donors (Lipinski definition) is 0. The van der Waals surface area contributed by atoms with Gasteiger partial charge in [0.1, 0.15) is 6.10 Å². The Bertz CT molecular complexity index is 443. The van der Waals surface area contributed by atoms with Crippen LogP contribution < -0.4 is 0 Å². The molecule has 3 atom stereocenters. The second kappa shape index (κ2) is 4.11. The third-order valence-electron chi connectivity index (χ3n) is 3.63. The molecular formula is C12H17N3O2. The van der Waals surface area contributed by atoms with Crippen LogP contribution in [0.4, 0.5) is 0 Å². The van der Waals surface area contributed by atoms with E-state index in [0.29, 0.717) is 11.7 Å². The van der Waals surface area contributed by atoms with Gasteiger partial charge in [0.15, 0.2) is 0 Å². The normalized spacial score (nSPS) is 27.5. The molecule has 5 nitrogen and oxygen atoms in total. The molecule has 1 aliphatic rings. The summed E-state index contributed by atoms with van der Waals surface area (Å²) >= 11 is 0. The zero-order valence-electron chi connectivity index (χ0n) is 10.6. The van der Waals surface area contributed by atoms with Crippen LogP contribution in [0.1, 0.15) is 50.9 Å². The van der Waals surface area contributed by atoms with Crippen molar-refractivity contribution in [2.24, 2.45) is 11.3 Å². The summed E-state index contributed by atoms with van der Waals surface area (Å²) in [5.74, 6) is 1.16. The molecule has 3 unspecified atom stereocenters. The van der Waals surface area contributed by atoms with E-state index in [2.05, 4.69) is 16.2 Å². The Labute approximate surface area is 101 Å². The van der Waals surface area contributed by atoms with Crippen molar-refractivity contribution in [3.8, 4) is 6.07 Å². The highest BCUT2D eigenvalue weighted by molar-refractivity contribution is 5.26. The van der Waals surface area contributed by atoms with Crippen LogP contribution in [0.25, 0.3) is 0 Å². The molecule has 0 aliphatic heterocycles. The first-order chi connectivity index (χ1) is 8.06. The number of ether oxygens (including phenoxy) is 1. The highest BCUT2D eigenvalue weighted by Crippen LogP contribution is 2.63. The largest absolute Gasteiger partial charge is 0.373 e. The number of hydrogen-bond acceptors (Lipinski definition) is 5. The van der Waals surface area contributed by atoms with Gasteiger partial charge in [0.05, 0.1) is 17.9 Å². The van der Waals surface area contributed by atoms with Gasteiger partial charge in [-0.3, -0.25) is 0 Å². The third-order valence-corrected chi connectivity index (χ3v) is 3.63. The molecule has 17 heavy (non-hydrogen) atoms. The van der Waals surface area contributed by atoms with E-state index in [0.717, 1.165) is 6.42 Å². The van der Waals surface area contributed by atoms with Gasteiger partial charge in [-0.2, -0.15) is 10.2 Å². The minimum Gasteiger partial charge on any atom is -0.373 e. The molecule has 1 heterocycles. The zero-order valence-corrected chi connectivity index (χ0v) is 10.6. The van der Waals surface area contributed by atoms with Gasteiger partial charge < -0.3 is 9.26 Å². The van der Waals surface area contributed by atoms with E-state index in [1.54, 1.807) is 7.11 Å². The lowest BCUT2D eigenvalue weighted by Crippen LogP contribution is -2.02. The maximum Gasteiger partial charge on any atom is 0.231 e. The monoisotopic (exact) mass is 235 g/mol. The van der Waals surface area contributed by atoms with Crippen LogP contribution in [0.2, 0.25) is 0 Å². The molecule has 0 spiro atoms. The minimum atomic E-state index is -0.130. The lowest BCUT2D eigenvalue weighted by molar-refractivity contribution is 0.0903. The molecule has 0 N–H and O–H groups in total. The first-order valence-electron chi connectivity index (χ1n) is 5.82. The average Bonchev–Trinajstić information content (AvgIpc) is 2.64. The van der Waals surface area contributed by atoms with Crippen LogP contribution in [0.3, 0.4) is 0 Å². The molecule has 0 saturated heterocycles. The Morgan fingerprint density at radius 2 is 2.29 bits per heavy atom. The maximum absolute atomic E-state index is 9.02. The van der Waals surface area contributed by atoms with Gasteiger partial charge in [0, 0.05) is 7.11 Å². The van der Waals surface area contributed by atoms with Crippen molar-refractivity contribution in [3.63, 3.8) is 0 Å². The molecule has 5 heteroatoms. The van der Waals surface area contributed by atoms with E-state index < -0.39 is 0 Å². The maximum atomic E-state index is 9.02. The van der Waals surface area contributed by atoms with Gasteiger partial charge >= 0.3 is 0 Å². The molecule has 0 bridgehead atoms. The van der Waals surface area contributed by atoms with Crippen LogP contribution in [-0.4, -0.2) is 17.3 Å². The fourth-order valence-electron chi connectivity index (χ4n) is 2.30. The van der Waals surface area contributed by atoms with Crippen molar-refractivity contribution in [2.45, 2.75) is 39.2 Å².